The smallest absolute Gasteiger partial charge is 0.231 e. The molecule has 0 unspecified atom stereocenters. The van der Waals surface area contributed by atoms with E-state index >= 15 is 0 Å². The molecule has 4 aromatic rings. The Morgan fingerprint density at radius 3 is 2.60 bits per heavy atom. The van der Waals surface area contributed by atoms with Crippen LogP contribution in [0.4, 0.5) is 5.69 Å². The lowest BCUT2D eigenvalue weighted by molar-refractivity contribution is 0.442. The summed E-state index contributed by atoms with van der Waals surface area (Å²) in [6.45, 7) is 2.07. The zero-order valence-corrected chi connectivity index (χ0v) is 18.9. The fourth-order valence-electron chi connectivity index (χ4n) is 2.94. The first-order valence-electron chi connectivity index (χ1n) is 9.04. The molecule has 0 atom stereocenters. The Morgan fingerprint density at radius 1 is 1.03 bits per heavy atom. The van der Waals surface area contributed by atoms with E-state index in [-0.39, 0.29) is 21.7 Å². The van der Waals surface area contributed by atoms with Crippen LogP contribution in [0.1, 0.15) is 18.1 Å². The summed E-state index contributed by atoms with van der Waals surface area (Å²) in [5.41, 5.74) is 3.85. The number of phenolic OH excluding ortho intramolecular Hbond substituents is 3. The van der Waals surface area contributed by atoms with Crippen LogP contribution in [0.15, 0.2) is 60.8 Å². The van der Waals surface area contributed by atoms with Crippen molar-refractivity contribution < 1.29 is 19.7 Å². The van der Waals surface area contributed by atoms with Crippen molar-refractivity contribution in [3.05, 3.63) is 62.5 Å². The van der Waals surface area contributed by atoms with Crippen LogP contribution in [0, 0.1) is 0 Å². The lowest BCUT2D eigenvalue weighted by atomic mass is 10.1. The highest BCUT2D eigenvalue weighted by Gasteiger charge is 2.15. The molecule has 4 rings (SSSR count). The summed E-state index contributed by atoms with van der Waals surface area (Å²) >= 11 is 6.37. The van der Waals surface area contributed by atoms with Gasteiger partial charge in [0.25, 0.3) is 0 Å². The van der Waals surface area contributed by atoms with Gasteiger partial charge in [-0.15, -0.1) is 0 Å². The third-order valence-corrected chi connectivity index (χ3v) is 5.98. The van der Waals surface area contributed by atoms with E-state index in [0.717, 1.165) is 17.5 Å². The quantitative estimate of drug-likeness (QED) is 0.263. The second kappa shape index (κ2) is 8.12. The van der Waals surface area contributed by atoms with Crippen LogP contribution in [0.5, 0.6) is 17.2 Å². The minimum atomic E-state index is -0.135. The molecule has 0 aliphatic rings. The zero-order chi connectivity index (χ0) is 21.4. The summed E-state index contributed by atoms with van der Waals surface area (Å²) in [5, 5.41) is 30.4. The summed E-state index contributed by atoms with van der Waals surface area (Å²) < 4.78 is 6.40. The third kappa shape index (κ3) is 3.80. The number of hydrogen-bond donors (Lipinski definition) is 3. The zero-order valence-electron chi connectivity index (χ0n) is 15.7. The molecule has 0 fully saturated rings. The normalized spacial score (nSPS) is 11.6. The number of phenols is 3. The van der Waals surface area contributed by atoms with Gasteiger partial charge >= 0.3 is 0 Å². The number of aromatic nitrogens is 1. The molecule has 3 N–H and O–H groups in total. The van der Waals surface area contributed by atoms with E-state index in [1.165, 1.54) is 12.3 Å². The van der Waals surface area contributed by atoms with Crippen LogP contribution >= 0.6 is 31.9 Å². The van der Waals surface area contributed by atoms with Crippen molar-refractivity contribution >= 4 is 54.9 Å². The van der Waals surface area contributed by atoms with Gasteiger partial charge in [-0.3, -0.25) is 4.99 Å². The van der Waals surface area contributed by atoms with Gasteiger partial charge in [0.15, 0.2) is 5.58 Å². The van der Waals surface area contributed by atoms with Crippen molar-refractivity contribution in [2.24, 2.45) is 4.99 Å². The van der Waals surface area contributed by atoms with E-state index in [1.54, 1.807) is 18.2 Å². The number of benzene rings is 3. The van der Waals surface area contributed by atoms with Crippen molar-refractivity contribution in [2.45, 2.75) is 13.3 Å². The van der Waals surface area contributed by atoms with E-state index < -0.39 is 0 Å². The van der Waals surface area contributed by atoms with Gasteiger partial charge in [-0.25, -0.2) is 4.98 Å². The van der Waals surface area contributed by atoms with Crippen molar-refractivity contribution in [1.82, 2.24) is 4.98 Å². The summed E-state index contributed by atoms with van der Waals surface area (Å²) in [6, 6.07) is 12.2. The number of rotatable bonds is 4. The average molecular weight is 532 g/mol. The Labute approximate surface area is 188 Å². The van der Waals surface area contributed by atoms with Crippen LogP contribution in [-0.4, -0.2) is 26.5 Å². The molecule has 152 valence electrons. The number of aromatic hydroxyl groups is 3. The first kappa shape index (κ1) is 20.4. The lowest BCUT2D eigenvalue weighted by Gasteiger charge is -2.06. The van der Waals surface area contributed by atoms with Crippen LogP contribution in [0.25, 0.3) is 22.6 Å². The predicted molar refractivity (Wildman–Crippen MR) is 123 cm³/mol. The molecule has 0 radical (unpaired) electrons. The number of aliphatic imine (C=N–C) groups is 1. The highest BCUT2D eigenvalue weighted by Crippen LogP contribution is 2.41. The highest BCUT2D eigenvalue weighted by atomic mass is 79.9. The second-order valence-electron chi connectivity index (χ2n) is 6.59. The van der Waals surface area contributed by atoms with Gasteiger partial charge in [-0.05, 0) is 80.2 Å². The van der Waals surface area contributed by atoms with Gasteiger partial charge in [0, 0.05) is 11.8 Å². The highest BCUT2D eigenvalue weighted by molar-refractivity contribution is 9.11. The molecule has 30 heavy (non-hydrogen) atoms. The summed E-state index contributed by atoms with van der Waals surface area (Å²) in [4.78, 5) is 8.87. The van der Waals surface area contributed by atoms with Crippen LogP contribution in [-0.2, 0) is 6.42 Å². The standard InChI is InChI=1S/C22H16Br2N2O4/c1-2-11-3-6-18-16(7-11)26-22(30-18)14-9-13(4-5-17(14)27)25-10-12-8-15(23)21(29)19(24)20(12)28/h3-10,27-29H,2H2,1H3. The van der Waals surface area contributed by atoms with Gasteiger partial charge in [0.1, 0.15) is 27.2 Å². The lowest BCUT2D eigenvalue weighted by Crippen LogP contribution is -1.86. The number of oxazole rings is 1. The molecular formula is C22H16Br2N2O4. The molecule has 3 aromatic carbocycles. The van der Waals surface area contributed by atoms with Crippen LogP contribution in [0.2, 0.25) is 0 Å². The molecular weight excluding hydrogens is 516 g/mol. The second-order valence-corrected chi connectivity index (χ2v) is 8.24. The number of nitrogens with zero attached hydrogens (tertiary/aromatic N) is 2. The minimum Gasteiger partial charge on any atom is -0.507 e. The van der Waals surface area contributed by atoms with Gasteiger partial charge < -0.3 is 19.7 Å². The molecule has 1 heterocycles. The predicted octanol–water partition coefficient (Wildman–Crippen LogP) is 6.45. The summed E-state index contributed by atoms with van der Waals surface area (Å²) in [6.07, 6.45) is 2.35. The average Bonchev–Trinajstić information content (AvgIpc) is 3.17. The minimum absolute atomic E-state index is 0.0224. The molecule has 6 nitrogen and oxygen atoms in total. The molecule has 0 saturated heterocycles. The summed E-state index contributed by atoms with van der Waals surface area (Å²) in [5.74, 6) is 0.0860. The van der Waals surface area contributed by atoms with Gasteiger partial charge in [0.2, 0.25) is 5.89 Å². The number of fused-ring (bicyclic) bond motifs is 1. The molecule has 0 aliphatic carbocycles. The number of halogens is 2. The Morgan fingerprint density at radius 2 is 1.83 bits per heavy atom. The van der Waals surface area contributed by atoms with Crippen molar-refractivity contribution in [3.8, 4) is 28.7 Å². The Hall–Kier alpha value is -2.84. The van der Waals surface area contributed by atoms with Crippen LogP contribution in [0.3, 0.4) is 0 Å². The van der Waals surface area contributed by atoms with Gasteiger partial charge in [0.05, 0.1) is 15.7 Å². The van der Waals surface area contributed by atoms with E-state index in [2.05, 4.69) is 48.8 Å². The number of aryl methyl sites for hydroxylation is 1. The molecule has 0 saturated carbocycles. The van der Waals surface area contributed by atoms with E-state index in [4.69, 9.17) is 4.42 Å². The Bertz CT molecular complexity index is 1300. The molecule has 8 heteroatoms. The fourth-order valence-corrected chi connectivity index (χ4v) is 4.10. The topological polar surface area (TPSA) is 99.1 Å². The largest absolute Gasteiger partial charge is 0.507 e. The third-order valence-electron chi connectivity index (χ3n) is 4.62. The first-order valence-corrected chi connectivity index (χ1v) is 10.6. The molecule has 0 spiro atoms. The molecule has 0 aliphatic heterocycles. The monoisotopic (exact) mass is 530 g/mol. The SMILES string of the molecule is CCc1ccc2oc(-c3cc(N=Cc4cc(Br)c(O)c(Br)c4O)ccc3O)nc2c1. The van der Waals surface area contributed by atoms with Gasteiger partial charge in [-0.1, -0.05) is 13.0 Å². The van der Waals surface area contributed by atoms with Crippen molar-refractivity contribution in [2.75, 3.05) is 0 Å². The maximum absolute atomic E-state index is 10.3. The first-order chi connectivity index (χ1) is 14.4. The fraction of sp³-hybridized carbons (Fsp3) is 0.0909. The maximum Gasteiger partial charge on any atom is 0.231 e. The number of hydrogen-bond acceptors (Lipinski definition) is 6. The van der Waals surface area contributed by atoms with Crippen molar-refractivity contribution in [3.63, 3.8) is 0 Å². The molecule has 0 amide bonds. The van der Waals surface area contributed by atoms with Crippen LogP contribution < -0.4 is 0 Å². The molecule has 1 aromatic heterocycles. The maximum atomic E-state index is 10.3. The summed E-state index contributed by atoms with van der Waals surface area (Å²) in [7, 11) is 0. The molecule has 0 bridgehead atoms. The van der Waals surface area contributed by atoms with Crippen molar-refractivity contribution in [1.29, 1.82) is 0 Å². The van der Waals surface area contributed by atoms with Gasteiger partial charge in [-0.2, -0.15) is 0 Å². The van der Waals surface area contributed by atoms with E-state index in [9.17, 15) is 15.3 Å². The Balaban J connectivity index is 1.72. The van der Waals surface area contributed by atoms with E-state index in [0.29, 0.717) is 32.8 Å². The Kier molecular flexibility index (Phi) is 5.53. The van der Waals surface area contributed by atoms with E-state index in [1.807, 2.05) is 18.2 Å².